The Balaban J connectivity index is 1.64. The number of hydrogen-bond acceptors (Lipinski definition) is 3. The Morgan fingerprint density at radius 2 is 1.50 bits per heavy atom. The third kappa shape index (κ3) is 4.19. The van der Waals surface area contributed by atoms with Gasteiger partial charge in [0.1, 0.15) is 0 Å². The van der Waals surface area contributed by atoms with Gasteiger partial charge in [-0.1, -0.05) is 6.42 Å². The third-order valence-electron chi connectivity index (χ3n) is 3.79. The Labute approximate surface area is 111 Å². The van der Waals surface area contributed by atoms with Crippen molar-refractivity contribution >= 4 is 10.2 Å². The van der Waals surface area contributed by atoms with E-state index in [1.54, 1.807) is 4.31 Å². The van der Waals surface area contributed by atoms with E-state index in [0.29, 0.717) is 19.6 Å². The molecule has 0 atom stereocenters. The van der Waals surface area contributed by atoms with E-state index in [1.807, 2.05) is 0 Å². The van der Waals surface area contributed by atoms with Gasteiger partial charge < -0.3 is 4.90 Å². The van der Waals surface area contributed by atoms with E-state index in [0.717, 1.165) is 32.2 Å². The monoisotopic (exact) mass is 275 g/mol. The Hall–Kier alpha value is -0.170. The van der Waals surface area contributed by atoms with Crippen LogP contribution >= 0.6 is 0 Å². The molecule has 0 bridgehead atoms. The highest BCUT2D eigenvalue weighted by Crippen LogP contribution is 2.12. The molecule has 0 aliphatic carbocycles. The van der Waals surface area contributed by atoms with Crippen LogP contribution in [0.5, 0.6) is 0 Å². The van der Waals surface area contributed by atoms with Crippen LogP contribution in [0.4, 0.5) is 0 Å². The summed E-state index contributed by atoms with van der Waals surface area (Å²) in [4.78, 5) is 2.41. The minimum absolute atomic E-state index is 0.565. The fourth-order valence-corrected chi connectivity index (χ4v) is 4.03. The second-order valence-corrected chi connectivity index (χ2v) is 7.02. The summed E-state index contributed by atoms with van der Waals surface area (Å²) in [6.07, 6.45) is 6.64. The van der Waals surface area contributed by atoms with Crippen LogP contribution in [0.1, 0.15) is 38.5 Å². The summed E-state index contributed by atoms with van der Waals surface area (Å²) in [5, 5.41) is 0. The van der Waals surface area contributed by atoms with Gasteiger partial charge in [0.15, 0.2) is 0 Å². The highest BCUT2D eigenvalue weighted by molar-refractivity contribution is 7.87. The first-order chi connectivity index (χ1) is 8.68. The van der Waals surface area contributed by atoms with E-state index >= 15 is 0 Å². The molecule has 0 aromatic rings. The first-order valence-corrected chi connectivity index (χ1v) is 8.59. The van der Waals surface area contributed by atoms with Gasteiger partial charge in [0, 0.05) is 19.6 Å². The zero-order valence-corrected chi connectivity index (χ0v) is 11.9. The van der Waals surface area contributed by atoms with Crippen molar-refractivity contribution in [3.63, 3.8) is 0 Å². The lowest BCUT2D eigenvalue weighted by atomic mass is 10.2. The van der Waals surface area contributed by atoms with Crippen molar-refractivity contribution in [1.82, 2.24) is 13.9 Å². The molecule has 0 unspecified atom stereocenters. The highest BCUT2D eigenvalue weighted by atomic mass is 32.2. The average molecular weight is 275 g/mol. The van der Waals surface area contributed by atoms with Crippen molar-refractivity contribution in [1.29, 1.82) is 0 Å². The summed E-state index contributed by atoms with van der Waals surface area (Å²) < 4.78 is 28.3. The van der Waals surface area contributed by atoms with Crippen LogP contribution < -0.4 is 4.72 Å². The normalized spacial score (nSPS) is 23.6. The second kappa shape index (κ2) is 6.84. The van der Waals surface area contributed by atoms with E-state index in [-0.39, 0.29) is 0 Å². The number of piperidine rings is 1. The van der Waals surface area contributed by atoms with Crippen LogP contribution in [0.25, 0.3) is 0 Å². The zero-order chi connectivity index (χ0) is 12.8. The lowest BCUT2D eigenvalue weighted by Gasteiger charge is -2.26. The van der Waals surface area contributed by atoms with Crippen LogP contribution in [0.15, 0.2) is 0 Å². The van der Waals surface area contributed by atoms with Crippen LogP contribution in [0.2, 0.25) is 0 Å². The summed E-state index contributed by atoms with van der Waals surface area (Å²) in [6, 6.07) is 0. The predicted molar refractivity (Wildman–Crippen MR) is 72.6 cm³/mol. The first kappa shape index (κ1) is 14.2. The van der Waals surface area contributed by atoms with Crippen molar-refractivity contribution in [2.75, 3.05) is 39.3 Å². The summed E-state index contributed by atoms with van der Waals surface area (Å²) >= 11 is 0. The maximum atomic E-state index is 12.0. The Bertz CT molecular complexity index is 333. The van der Waals surface area contributed by atoms with Crippen molar-refractivity contribution in [3.8, 4) is 0 Å². The number of rotatable bonds is 6. The maximum Gasteiger partial charge on any atom is 0.279 e. The van der Waals surface area contributed by atoms with Crippen LogP contribution in [0, 0.1) is 0 Å². The third-order valence-corrected chi connectivity index (χ3v) is 5.40. The van der Waals surface area contributed by atoms with Gasteiger partial charge in [-0.3, -0.25) is 0 Å². The molecule has 2 heterocycles. The van der Waals surface area contributed by atoms with Crippen molar-refractivity contribution < 1.29 is 8.42 Å². The lowest BCUT2D eigenvalue weighted by Crippen LogP contribution is -2.44. The molecule has 2 aliphatic heterocycles. The minimum atomic E-state index is -3.21. The molecule has 2 saturated heterocycles. The van der Waals surface area contributed by atoms with E-state index in [2.05, 4.69) is 9.62 Å². The number of hydrogen-bond donors (Lipinski definition) is 1. The van der Waals surface area contributed by atoms with Crippen molar-refractivity contribution in [2.45, 2.75) is 38.5 Å². The van der Waals surface area contributed by atoms with Crippen LogP contribution in [-0.4, -0.2) is 56.9 Å². The number of likely N-dealkylation sites (tertiary alicyclic amines) is 1. The number of nitrogens with one attached hydrogen (secondary N) is 1. The summed E-state index contributed by atoms with van der Waals surface area (Å²) in [6.45, 7) is 5.30. The molecule has 2 fully saturated rings. The summed E-state index contributed by atoms with van der Waals surface area (Å²) in [7, 11) is -3.21. The Morgan fingerprint density at radius 3 is 2.17 bits per heavy atom. The summed E-state index contributed by atoms with van der Waals surface area (Å²) in [5.41, 5.74) is 0. The van der Waals surface area contributed by atoms with E-state index in [1.165, 1.54) is 25.9 Å². The molecule has 0 aromatic carbocycles. The zero-order valence-electron chi connectivity index (χ0n) is 11.1. The van der Waals surface area contributed by atoms with Gasteiger partial charge in [0.2, 0.25) is 0 Å². The molecule has 0 aromatic heterocycles. The SMILES string of the molecule is O=S(=O)(NCCCN1CCCC1)N1CCCCC1. The van der Waals surface area contributed by atoms with Crippen molar-refractivity contribution in [2.24, 2.45) is 0 Å². The topological polar surface area (TPSA) is 52.7 Å². The van der Waals surface area contributed by atoms with Crippen LogP contribution in [-0.2, 0) is 10.2 Å². The molecular weight excluding hydrogens is 250 g/mol. The molecule has 0 amide bonds. The fraction of sp³-hybridized carbons (Fsp3) is 1.00. The van der Waals surface area contributed by atoms with Gasteiger partial charge >= 0.3 is 0 Å². The maximum absolute atomic E-state index is 12.0. The minimum Gasteiger partial charge on any atom is -0.303 e. The van der Waals surface area contributed by atoms with Gasteiger partial charge in [0.25, 0.3) is 10.2 Å². The fourth-order valence-electron chi connectivity index (χ4n) is 2.71. The molecule has 0 spiro atoms. The molecule has 1 N–H and O–H groups in total. The standard InChI is InChI=1S/C12H25N3O2S/c16-18(17,15-11-2-1-3-12-15)13-7-6-10-14-8-4-5-9-14/h13H,1-12H2. The number of nitrogens with zero attached hydrogens (tertiary/aromatic N) is 2. The van der Waals surface area contributed by atoms with Gasteiger partial charge in [-0.2, -0.15) is 12.7 Å². The van der Waals surface area contributed by atoms with E-state index < -0.39 is 10.2 Å². The molecule has 18 heavy (non-hydrogen) atoms. The smallest absolute Gasteiger partial charge is 0.279 e. The molecule has 0 radical (unpaired) electrons. The quantitative estimate of drug-likeness (QED) is 0.729. The van der Waals surface area contributed by atoms with Crippen molar-refractivity contribution in [3.05, 3.63) is 0 Å². The lowest BCUT2D eigenvalue weighted by molar-refractivity contribution is 0.327. The molecule has 2 rings (SSSR count). The molecule has 6 heteroatoms. The molecule has 106 valence electrons. The summed E-state index contributed by atoms with van der Waals surface area (Å²) in [5.74, 6) is 0. The Morgan fingerprint density at radius 1 is 0.889 bits per heavy atom. The molecule has 5 nitrogen and oxygen atoms in total. The average Bonchev–Trinajstić information content (AvgIpc) is 2.89. The molecule has 0 saturated carbocycles. The van der Waals surface area contributed by atoms with Gasteiger partial charge in [-0.05, 0) is 51.7 Å². The predicted octanol–water partition coefficient (Wildman–Crippen LogP) is 0.793. The highest BCUT2D eigenvalue weighted by Gasteiger charge is 2.23. The first-order valence-electron chi connectivity index (χ1n) is 7.15. The van der Waals surface area contributed by atoms with Gasteiger partial charge in [0.05, 0.1) is 0 Å². The van der Waals surface area contributed by atoms with Crippen LogP contribution in [0.3, 0.4) is 0 Å². The largest absolute Gasteiger partial charge is 0.303 e. The Kier molecular flexibility index (Phi) is 5.41. The van der Waals surface area contributed by atoms with E-state index in [9.17, 15) is 8.42 Å². The molecular formula is C12H25N3O2S. The van der Waals surface area contributed by atoms with Gasteiger partial charge in [-0.15, -0.1) is 0 Å². The van der Waals surface area contributed by atoms with E-state index in [4.69, 9.17) is 0 Å². The second-order valence-electron chi connectivity index (χ2n) is 5.26. The molecule has 2 aliphatic rings. The van der Waals surface area contributed by atoms with Gasteiger partial charge in [-0.25, -0.2) is 4.72 Å².